The van der Waals surface area contributed by atoms with Gasteiger partial charge in [-0.3, -0.25) is 9.78 Å². The molecule has 134 valence electrons. The number of hydrogen-bond acceptors (Lipinski definition) is 5. The van der Waals surface area contributed by atoms with Crippen molar-refractivity contribution in [2.45, 2.75) is 19.1 Å². The van der Waals surface area contributed by atoms with E-state index < -0.39 is 0 Å². The number of likely N-dealkylation sites (tertiary alicyclic amines) is 1. The van der Waals surface area contributed by atoms with Crippen molar-refractivity contribution in [3.05, 3.63) is 48.9 Å². The molecule has 0 aliphatic carbocycles. The monoisotopic (exact) mass is 352 g/mol. The van der Waals surface area contributed by atoms with Crippen LogP contribution in [0.2, 0.25) is 0 Å². The van der Waals surface area contributed by atoms with Gasteiger partial charge < -0.3 is 18.9 Å². The molecule has 1 fully saturated rings. The first-order valence-corrected chi connectivity index (χ1v) is 8.57. The summed E-state index contributed by atoms with van der Waals surface area (Å²) in [5.41, 5.74) is 1.07. The fourth-order valence-electron chi connectivity index (χ4n) is 3.23. The molecule has 0 radical (unpaired) electrons. The molecule has 1 saturated heterocycles. The summed E-state index contributed by atoms with van der Waals surface area (Å²) < 4.78 is 12.9. The predicted octanol–water partition coefficient (Wildman–Crippen LogP) is 2.12. The van der Waals surface area contributed by atoms with E-state index in [1.165, 1.54) is 13.3 Å². The average Bonchev–Trinajstić information content (AvgIpc) is 3.29. The summed E-state index contributed by atoms with van der Waals surface area (Å²) in [6, 6.07) is 10.1. The van der Waals surface area contributed by atoms with Crippen molar-refractivity contribution in [2.24, 2.45) is 0 Å². The highest BCUT2D eigenvalue weighted by atomic mass is 16.5. The molecule has 1 amide bonds. The van der Waals surface area contributed by atoms with Gasteiger partial charge in [0.2, 0.25) is 17.7 Å². The Morgan fingerprint density at radius 1 is 1.23 bits per heavy atom. The second-order valence-corrected chi connectivity index (χ2v) is 6.27. The van der Waals surface area contributed by atoms with Gasteiger partial charge in [0.05, 0.1) is 26.0 Å². The van der Waals surface area contributed by atoms with Gasteiger partial charge in [0, 0.05) is 24.7 Å². The molecule has 4 rings (SSSR count). The average molecular weight is 352 g/mol. The lowest BCUT2D eigenvalue weighted by molar-refractivity contribution is -0.131. The molecular formula is C19H20N4O3. The number of carbonyl (C=O) groups is 1. The maximum Gasteiger partial charge on any atom is 0.242 e. The Balaban J connectivity index is 1.38. The van der Waals surface area contributed by atoms with Crippen molar-refractivity contribution in [3.63, 3.8) is 0 Å². The fraction of sp³-hybridized carbons (Fsp3) is 0.316. The first-order chi connectivity index (χ1) is 12.7. The standard InChI is InChI=1S/C19H20N4O3/c1-25-17-10-20-11-18(21-17)26-15-7-9-23(12-15)19(24)13-22-8-6-14-4-2-3-5-16(14)22/h2-6,8,10-11,15H,7,9,12-13H2,1H3. The van der Waals surface area contributed by atoms with E-state index in [0.717, 1.165) is 17.3 Å². The van der Waals surface area contributed by atoms with E-state index >= 15 is 0 Å². The molecule has 7 nitrogen and oxygen atoms in total. The number of carbonyl (C=O) groups excluding carboxylic acids is 1. The number of amides is 1. The second kappa shape index (κ2) is 7.03. The van der Waals surface area contributed by atoms with Crippen LogP contribution in [0.15, 0.2) is 48.9 Å². The molecule has 1 aliphatic heterocycles. The number of ether oxygens (including phenoxy) is 2. The van der Waals surface area contributed by atoms with Crippen LogP contribution in [0.4, 0.5) is 0 Å². The summed E-state index contributed by atoms with van der Waals surface area (Å²) in [5, 5.41) is 1.14. The van der Waals surface area contributed by atoms with E-state index in [2.05, 4.69) is 9.97 Å². The number of methoxy groups -OCH3 is 1. The zero-order valence-electron chi connectivity index (χ0n) is 14.5. The highest BCUT2D eigenvalue weighted by molar-refractivity contribution is 5.83. The van der Waals surface area contributed by atoms with Gasteiger partial charge in [-0.05, 0) is 17.5 Å². The molecule has 1 atom stereocenters. The van der Waals surface area contributed by atoms with Gasteiger partial charge >= 0.3 is 0 Å². The third-order valence-electron chi connectivity index (χ3n) is 4.57. The van der Waals surface area contributed by atoms with E-state index in [9.17, 15) is 4.79 Å². The topological polar surface area (TPSA) is 69.5 Å². The molecule has 0 N–H and O–H groups in total. The van der Waals surface area contributed by atoms with Crippen molar-refractivity contribution in [1.29, 1.82) is 0 Å². The van der Waals surface area contributed by atoms with Crippen molar-refractivity contribution in [2.75, 3.05) is 20.2 Å². The lowest BCUT2D eigenvalue weighted by Gasteiger charge is -2.17. The number of rotatable bonds is 5. The van der Waals surface area contributed by atoms with Crippen LogP contribution in [0, 0.1) is 0 Å². The van der Waals surface area contributed by atoms with Gasteiger partial charge in [-0.15, -0.1) is 0 Å². The van der Waals surface area contributed by atoms with Gasteiger partial charge in [-0.25, -0.2) is 0 Å². The summed E-state index contributed by atoms with van der Waals surface area (Å²) >= 11 is 0. The first-order valence-electron chi connectivity index (χ1n) is 8.57. The minimum atomic E-state index is -0.0817. The summed E-state index contributed by atoms with van der Waals surface area (Å²) in [4.78, 5) is 22.7. The van der Waals surface area contributed by atoms with E-state index in [1.807, 2.05) is 46.0 Å². The van der Waals surface area contributed by atoms with Crippen LogP contribution in [0.5, 0.6) is 11.8 Å². The molecule has 2 aromatic heterocycles. The predicted molar refractivity (Wildman–Crippen MR) is 96.1 cm³/mol. The Morgan fingerprint density at radius 2 is 2.08 bits per heavy atom. The Hall–Kier alpha value is -3.09. The number of aromatic nitrogens is 3. The highest BCUT2D eigenvalue weighted by Gasteiger charge is 2.28. The van der Waals surface area contributed by atoms with Crippen LogP contribution in [0.1, 0.15) is 6.42 Å². The van der Waals surface area contributed by atoms with Crippen LogP contribution in [0.25, 0.3) is 10.9 Å². The van der Waals surface area contributed by atoms with Crippen LogP contribution in [-0.2, 0) is 11.3 Å². The molecule has 0 bridgehead atoms. The van der Waals surface area contributed by atoms with E-state index in [0.29, 0.717) is 31.4 Å². The molecule has 0 spiro atoms. The SMILES string of the molecule is COc1cncc(OC2CCN(C(=O)Cn3ccc4ccccc43)C2)n1. The molecular weight excluding hydrogens is 332 g/mol. The Morgan fingerprint density at radius 3 is 2.96 bits per heavy atom. The maximum absolute atomic E-state index is 12.7. The molecule has 26 heavy (non-hydrogen) atoms. The normalized spacial score (nSPS) is 16.8. The van der Waals surface area contributed by atoms with Crippen LogP contribution < -0.4 is 9.47 Å². The van der Waals surface area contributed by atoms with Gasteiger partial charge in [-0.1, -0.05) is 18.2 Å². The summed E-state index contributed by atoms with van der Waals surface area (Å²) in [7, 11) is 1.54. The van der Waals surface area contributed by atoms with Crippen LogP contribution in [0.3, 0.4) is 0 Å². The number of benzene rings is 1. The van der Waals surface area contributed by atoms with Crippen LogP contribution in [-0.4, -0.2) is 51.6 Å². The fourth-order valence-corrected chi connectivity index (χ4v) is 3.23. The van der Waals surface area contributed by atoms with Crippen molar-refractivity contribution in [1.82, 2.24) is 19.4 Å². The Labute approximate surface area is 151 Å². The van der Waals surface area contributed by atoms with E-state index in [4.69, 9.17) is 9.47 Å². The molecule has 3 heterocycles. The highest BCUT2D eigenvalue weighted by Crippen LogP contribution is 2.19. The van der Waals surface area contributed by atoms with Gasteiger partial charge in [0.1, 0.15) is 12.6 Å². The summed E-state index contributed by atoms with van der Waals surface area (Å²) in [6.07, 6.45) is 5.73. The first kappa shape index (κ1) is 16.4. The zero-order valence-corrected chi connectivity index (χ0v) is 14.5. The number of fused-ring (bicyclic) bond motifs is 1. The minimum Gasteiger partial charge on any atom is -0.480 e. The maximum atomic E-state index is 12.7. The third-order valence-corrected chi connectivity index (χ3v) is 4.57. The number of hydrogen-bond donors (Lipinski definition) is 0. The minimum absolute atomic E-state index is 0.0817. The number of nitrogens with zero attached hydrogens (tertiary/aromatic N) is 4. The zero-order chi connectivity index (χ0) is 17.9. The van der Waals surface area contributed by atoms with Gasteiger partial charge in [0.15, 0.2) is 0 Å². The summed E-state index contributed by atoms with van der Waals surface area (Å²) in [6.45, 7) is 1.57. The lowest BCUT2D eigenvalue weighted by Crippen LogP contribution is -2.33. The number of para-hydroxylation sites is 1. The largest absolute Gasteiger partial charge is 0.480 e. The van der Waals surface area contributed by atoms with Crippen molar-refractivity contribution < 1.29 is 14.3 Å². The smallest absolute Gasteiger partial charge is 0.242 e. The molecule has 1 unspecified atom stereocenters. The van der Waals surface area contributed by atoms with Gasteiger partial charge in [0.25, 0.3) is 0 Å². The summed E-state index contributed by atoms with van der Waals surface area (Å²) in [5.74, 6) is 0.919. The van der Waals surface area contributed by atoms with E-state index in [-0.39, 0.29) is 12.0 Å². The van der Waals surface area contributed by atoms with E-state index in [1.54, 1.807) is 6.20 Å². The van der Waals surface area contributed by atoms with Gasteiger partial charge in [-0.2, -0.15) is 4.98 Å². The molecule has 1 aliphatic rings. The molecule has 1 aromatic carbocycles. The van der Waals surface area contributed by atoms with Crippen LogP contribution >= 0.6 is 0 Å². The molecule has 0 saturated carbocycles. The Kier molecular flexibility index (Phi) is 4.43. The van der Waals surface area contributed by atoms with Crippen molar-refractivity contribution >= 4 is 16.8 Å². The second-order valence-electron chi connectivity index (χ2n) is 6.27. The molecule has 3 aromatic rings. The molecule has 7 heteroatoms. The van der Waals surface area contributed by atoms with Crippen molar-refractivity contribution in [3.8, 4) is 11.8 Å². The Bertz CT molecular complexity index is 924. The lowest BCUT2D eigenvalue weighted by atomic mass is 10.2. The quantitative estimate of drug-likeness (QED) is 0.703. The third kappa shape index (κ3) is 3.33.